The Morgan fingerprint density at radius 2 is 2.05 bits per heavy atom. The highest BCUT2D eigenvalue weighted by Gasteiger charge is 2.12. The summed E-state index contributed by atoms with van der Waals surface area (Å²) in [5.41, 5.74) is 1.25. The van der Waals surface area contributed by atoms with Crippen LogP contribution in [0.25, 0.3) is 0 Å². The Labute approximate surface area is 121 Å². The topological polar surface area (TPSA) is 39.7 Å². The molecule has 112 valence electrons. The zero-order chi connectivity index (χ0) is 14.2. The van der Waals surface area contributed by atoms with Crippen molar-refractivity contribution >= 4 is 0 Å². The van der Waals surface area contributed by atoms with E-state index in [4.69, 9.17) is 14.2 Å². The molecule has 20 heavy (non-hydrogen) atoms. The van der Waals surface area contributed by atoms with E-state index in [0.29, 0.717) is 6.10 Å². The molecule has 1 heterocycles. The van der Waals surface area contributed by atoms with E-state index in [1.807, 2.05) is 12.1 Å². The number of methoxy groups -OCH3 is 2. The molecule has 4 heteroatoms. The van der Waals surface area contributed by atoms with Crippen molar-refractivity contribution in [3.05, 3.63) is 23.8 Å². The third-order valence-corrected chi connectivity index (χ3v) is 3.68. The second kappa shape index (κ2) is 8.12. The predicted octanol–water partition coefficient (Wildman–Crippen LogP) is 2.41. The molecule has 1 unspecified atom stereocenters. The monoisotopic (exact) mass is 279 g/mol. The van der Waals surface area contributed by atoms with Crippen LogP contribution >= 0.6 is 0 Å². The van der Waals surface area contributed by atoms with Gasteiger partial charge in [-0.15, -0.1) is 0 Å². The van der Waals surface area contributed by atoms with Crippen molar-refractivity contribution in [3.8, 4) is 11.5 Å². The summed E-state index contributed by atoms with van der Waals surface area (Å²) in [7, 11) is 3.32. The molecular formula is C16H25NO3. The van der Waals surface area contributed by atoms with Crippen LogP contribution in [0.2, 0.25) is 0 Å². The number of hydrogen-bond donors (Lipinski definition) is 1. The van der Waals surface area contributed by atoms with Gasteiger partial charge in [-0.25, -0.2) is 0 Å². The number of benzene rings is 1. The molecule has 1 fully saturated rings. The maximum Gasteiger partial charge on any atom is 0.160 e. The molecule has 0 aromatic heterocycles. The van der Waals surface area contributed by atoms with Crippen molar-refractivity contribution in [1.29, 1.82) is 0 Å². The molecule has 2 rings (SSSR count). The highest BCUT2D eigenvalue weighted by Crippen LogP contribution is 2.27. The summed E-state index contributed by atoms with van der Waals surface area (Å²) in [6, 6.07) is 6.08. The lowest BCUT2D eigenvalue weighted by atomic mass is 10.1. The Balaban J connectivity index is 1.73. The fourth-order valence-electron chi connectivity index (χ4n) is 2.50. The summed E-state index contributed by atoms with van der Waals surface area (Å²) >= 11 is 0. The van der Waals surface area contributed by atoms with Gasteiger partial charge in [-0.2, -0.15) is 0 Å². The van der Waals surface area contributed by atoms with E-state index in [-0.39, 0.29) is 0 Å². The normalized spacial score (nSPS) is 18.8. The minimum absolute atomic E-state index is 0.397. The first kappa shape index (κ1) is 15.1. The lowest BCUT2D eigenvalue weighted by Gasteiger charge is -2.22. The van der Waals surface area contributed by atoms with Crippen LogP contribution in [0.1, 0.15) is 24.8 Å². The molecule has 1 N–H and O–H groups in total. The SMILES string of the molecule is COc1ccc(CCNCC2CCCCO2)cc1OC. The van der Waals surface area contributed by atoms with Crippen molar-refractivity contribution in [2.75, 3.05) is 33.9 Å². The van der Waals surface area contributed by atoms with Crippen LogP contribution in [0.3, 0.4) is 0 Å². The van der Waals surface area contributed by atoms with Gasteiger partial charge in [0.15, 0.2) is 11.5 Å². The lowest BCUT2D eigenvalue weighted by molar-refractivity contribution is 0.0171. The van der Waals surface area contributed by atoms with Crippen LogP contribution in [0.15, 0.2) is 18.2 Å². The van der Waals surface area contributed by atoms with Crippen molar-refractivity contribution in [2.45, 2.75) is 31.8 Å². The van der Waals surface area contributed by atoms with Gasteiger partial charge in [0, 0.05) is 13.2 Å². The first-order valence-electron chi connectivity index (χ1n) is 7.36. The van der Waals surface area contributed by atoms with Crippen LogP contribution in [0.5, 0.6) is 11.5 Å². The molecule has 1 saturated heterocycles. The van der Waals surface area contributed by atoms with Gasteiger partial charge in [-0.1, -0.05) is 6.07 Å². The minimum atomic E-state index is 0.397. The van der Waals surface area contributed by atoms with Gasteiger partial charge in [0.05, 0.1) is 20.3 Å². The molecule has 0 radical (unpaired) electrons. The van der Waals surface area contributed by atoms with Gasteiger partial charge < -0.3 is 19.5 Å². The second-order valence-corrected chi connectivity index (χ2v) is 5.13. The van der Waals surface area contributed by atoms with E-state index in [0.717, 1.165) is 37.6 Å². The van der Waals surface area contributed by atoms with Gasteiger partial charge in [-0.05, 0) is 49.9 Å². The molecule has 1 aromatic carbocycles. The summed E-state index contributed by atoms with van der Waals surface area (Å²) < 4.78 is 16.2. The van der Waals surface area contributed by atoms with E-state index < -0.39 is 0 Å². The Hall–Kier alpha value is -1.26. The number of rotatable bonds is 7. The third kappa shape index (κ3) is 4.39. The minimum Gasteiger partial charge on any atom is -0.493 e. The maximum atomic E-state index is 5.70. The Morgan fingerprint density at radius 1 is 1.20 bits per heavy atom. The average Bonchev–Trinajstić information content (AvgIpc) is 2.52. The molecule has 0 spiro atoms. The fourth-order valence-corrected chi connectivity index (χ4v) is 2.50. The summed E-state index contributed by atoms with van der Waals surface area (Å²) in [5.74, 6) is 1.57. The fraction of sp³-hybridized carbons (Fsp3) is 0.625. The quantitative estimate of drug-likeness (QED) is 0.778. The summed E-state index contributed by atoms with van der Waals surface area (Å²) in [6.07, 6.45) is 5.06. The van der Waals surface area contributed by atoms with E-state index in [2.05, 4.69) is 11.4 Å². The van der Waals surface area contributed by atoms with Gasteiger partial charge in [0.2, 0.25) is 0 Å². The molecule has 0 saturated carbocycles. The average molecular weight is 279 g/mol. The first-order valence-corrected chi connectivity index (χ1v) is 7.36. The lowest BCUT2D eigenvalue weighted by Crippen LogP contribution is -2.32. The third-order valence-electron chi connectivity index (χ3n) is 3.68. The van der Waals surface area contributed by atoms with Gasteiger partial charge in [-0.3, -0.25) is 0 Å². The summed E-state index contributed by atoms with van der Waals surface area (Å²) in [4.78, 5) is 0. The predicted molar refractivity (Wildman–Crippen MR) is 79.7 cm³/mol. The van der Waals surface area contributed by atoms with Crippen molar-refractivity contribution in [2.24, 2.45) is 0 Å². The maximum absolute atomic E-state index is 5.70. The highest BCUT2D eigenvalue weighted by molar-refractivity contribution is 5.42. The first-order chi connectivity index (χ1) is 9.83. The second-order valence-electron chi connectivity index (χ2n) is 5.13. The Morgan fingerprint density at radius 3 is 2.75 bits per heavy atom. The Bertz CT molecular complexity index is 403. The van der Waals surface area contributed by atoms with Crippen LogP contribution in [-0.2, 0) is 11.2 Å². The molecule has 1 atom stereocenters. The van der Waals surface area contributed by atoms with Crippen molar-refractivity contribution in [1.82, 2.24) is 5.32 Å². The van der Waals surface area contributed by atoms with Crippen molar-refractivity contribution in [3.63, 3.8) is 0 Å². The van der Waals surface area contributed by atoms with Gasteiger partial charge >= 0.3 is 0 Å². The molecule has 1 aliphatic heterocycles. The van der Waals surface area contributed by atoms with E-state index in [1.54, 1.807) is 14.2 Å². The standard InChI is InChI=1S/C16H25NO3/c1-18-15-7-6-13(11-16(15)19-2)8-9-17-12-14-5-3-4-10-20-14/h6-7,11,14,17H,3-5,8-10,12H2,1-2H3. The smallest absolute Gasteiger partial charge is 0.160 e. The molecule has 4 nitrogen and oxygen atoms in total. The van der Waals surface area contributed by atoms with Crippen molar-refractivity contribution < 1.29 is 14.2 Å². The van der Waals surface area contributed by atoms with E-state index in [9.17, 15) is 0 Å². The molecule has 0 aliphatic carbocycles. The molecule has 0 bridgehead atoms. The zero-order valence-corrected chi connectivity index (χ0v) is 12.5. The van der Waals surface area contributed by atoms with Crippen LogP contribution in [0, 0.1) is 0 Å². The molecule has 0 amide bonds. The van der Waals surface area contributed by atoms with Crippen LogP contribution in [-0.4, -0.2) is 40.0 Å². The summed E-state index contributed by atoms with van der Waals surface area (Å²) in [5, 5.41) is 3.47. The molecule has 1 aromatic rings. The zero-order valence-electron chi connectivity index (χ0n) is 12.5. The van der Waals surface area contributed by atoms with E-state index >= 15 is 0 Å². The van der Waals surface area contributed by atoms with Crippen LogP contribution in [0.4, 0.5) is 0 Å². The Kier molecular flexibility index (Phi) is 6.15. The molecular weight excluding hydrogens is 254 g/mol. The van der Waals surface area contributed by atoms with Gasteiger partial charge in [0.25, 0.3) is 0 Å². The van der Waals surface area contributed by atoms with Crippen LogP contribution < -0.4 is 14.8 Å². The number of ether oxygens (including phenoxy) is 3. The summed E-state index contributed by atoms with van der Waals surface area (Å²) in [6.45, 7) is 2.82. The highest BCUT2D eigenvalue weighted by atomic mass is 16.5. The van der Waals surface area contributed by atoms with Gasteiger partial charge in [0.1, 0.15) is 0 Å². The number of hydrogen-bond acceptors (Lipinski definition) is 4. The molecule has 1 aliphatic rings. The van der Waals surface area contributed by atoms with E-state index in [1.165, 1.54) is 24.8 Å². The largest absolute Gasteiger partial charge is 0.493 e. The number of nitrogens with one attached hydrogen (secondary N) is 1.